The van der Waals surface area contributed by atoms with Crippen LogP contribution < -0.4 is 9.64 Å². The van der Waals surface area contributed by atoms with Gasteiger partial charge in [0.15, 0.2) is 0 Å². The SMILES string of the molecule is CC(C)c1cc(N(C)CC2Cc3ccccc3O2)c2nncn2n1. The van der Waals surface area contributed by atoms with Gasteiger partial charge in [0.1, 0.15) is 18.2 Å². The molecule has 0 fully saturated rings. The van der Waals surface area contributed by atoms with E-state index in [1.807, 2.05) is 12.1 Å². The van der Waals surface area contributed by atoms with Gasteiger partial charge in [-0.3, -0.25) is 0 Å². The van der Waals surface area contributed by atoms with E-state index < -0.39 is 0 Å². The zero-order valence-electron chi connectivity index (χ0n) is 14.2. The molecular formula is C18H21N5O. The maximum atomic E-state index is 6.07. The second-order valence-electron chi connectivity index (χ2n) is 6.64. The van der Waals surface area contributed by atoms with Gasteiger partial charge in [-0.15, -0.1) is 10.2 Å². The number of benzene rings is 1. The molecule has 4 rings (SSSR count). The summed E-state index contributed by atoms with van der Waals surface area (Å²) in [7, 11) is 2.07. The molecule has 0 N–H and O–H groups in total. The van der Waals surface area contributed by atoms with Crippen LogP contribution >= 0.6 is 0 Å². The monoisotopic (exact) mass is 323 g/mol. The smallest absolute Gasteiger partial charge is 0.200 e. The Kier molecular flexibility index (Phi) is 3.59. The summed E-state index contributed by atoms with van der Waals surface area (Å²) in [6.07, 6.45) is 2.73. The number of fused-ring (bicyclic) bond motifs is 2. The molecule has 124 valence electrons. The van der Waals surface area contributed by atoms with Gasteiger partial charge in [0.2, 0.25) is 5.65 Å². The summed E-state index contributed by atoms with van der Waals surface area (Å²) in [5.41, 5.74) is 4.11. The van der Waals surface area contributed by atoms with Crippen molar-refractivity contribution in [2.75, 3.05) is 18.5 Å². The molecule has 0 saturated carbocycles. The first kappa shape index (κ1) is 14.9. The number of ether oxygens (including phenoxy) is 1. The number of hydrogen-bond acceptors (Lipinski definition) is 5. The quantitative estimate of drug-likeness (QED) is 0.739. The van der Waals surface area contributed by atoms with E-state index in [0.29, 0.717) is 5.92 Å². The molecule has 0 bridgehead atoms. The third-order valence-corrected chi connectivity index (χ3v) is 4.46. The van der Waals surface area contributed by atoms with E-state index in [1.165, 1.54) is 5.56 Å². The molecule has 6 nitrogen and oxygen atoms in total. The van der Waals surface area contributed by atoms with Gasteiger partial charge in [-0.1, -0.05) is 32.0 Å². The summed E-state index contributed by atoms with van der Waals surface area (Å²) in [5, 5.41) is 12.8. The first-order valence-electron chi connectivity index (χ1n) is 8.28. The highest BCUT2D eigenvalue weighted by Crippen LogP contribution is 2.30. The van der Waals surface area contributed by atoms with Gasteiger partial charge >= 0.3 is 0 Å². The summed E-state index contributed by atoms with van der Waals surface area (Å²) in [6.45, 7) is 5.07. The van der Waals surface area contributed by atoms with Crippen molar-refractivity contribution in [1.82, 2.24) is 19.8 Å². The van der Waals surface area contributed by atoms with Gasteiger partial charge in [-0.05, 0) is 23.6 Å². The molecule has 0 saturated heterocycles. The van der Waals surface area contributed by atoms with Gasteiger partial charge < -0.3 is 9.64 Å². The zero-order chi connectivity index (χ0) is 16.7. The van der Waals surface area contributed by atoms with Crippen molar-refractivity contribution >= 4 is 11.3 Å². The van der Waals surface area contributed by atoms with E-state index in [-0.39, 0.29) is 6.10 Å². The average Bonchev–Trinajstić information content (AvgIpc) is 3.19. The second-order valence-corrected chi connectivity index (χ2v) is 6.64. The lowest BCUT2D eigenvalue weighted by Gasteiger charge is -2.23. The molecule has 3 aromatic rings. The Balaban J connectivity index is 1.60. The Hall–Kier alpha value is -2.63. The topological polar surface area (TPSA) is 55.5 Å². The summed E-state index contributed by atoms with van der Waals surface area (Å²) >= 11 is 0. The fraction of sp³-hybridized carbons (Fsp3) is 0.389. The van der Waals surface area contributed by atoms with E-state index in [9.17, 15) is 0 Å². The first-order chi connectivity index (χ1) is 11.6. The molecule has 0 radical (unpaired) electrons. The molecule has 1 aliphatic rings. The maximum Gasteiger partial charge on any atom is 0.200 e. The van der Waals surface area contributed by atoms with Crippen LogP contribution in [-0.2, 0) is 6.42 Å². The van der Waals surface area contributed by atoms with Crippen LogP contribution in [0.3, 0.4) is 0 Å². The molecule has 1 aliphatic heterocycles. The molecule has 3 heterocycles. The van der Waals surface area contributed by atoms with Crippen LogP contribution in [0, 0.1) is 0 Å². The van der Waals surface area contributed by atoms with Crippen LogP contribution in [0.5, 0.6) is 5.75 Å². The molecule has 1 atom stereocenters. The standard InChI is InChI=1S/C18H21N5O/c1-12(2)15-9-16(18-20-19-11-23(18)21-15)22(3)10-14-8-13-6-4-5-7-17(13)24-14/h4-7,9,11-12,14H,8,10H2,1-3H3. The molecule has 1 unspecified atom stereocenters. The number of anilines is 1. The van der Waals surface area contributed by atoms with Crippen molar-refractivity contribution in [3.8, 4) is 5.75 Å². The van der Waals surface area contributed by atoms with E-state index in [4.69, 9.17) is 4.74 Å². The van der Waals surface area contributed by atoms with Crippen LogP contribution in [0.25, 0.3) is 5.65 Å². The molecule has 24 heavy (non-hydrogen) atoms. The predicted octanol–water partition coefficient (Wildman–Crippen LogP) is 2.69. The predicted molar refractivity (Wildman–Crippen MR) is 92.7 cm³/mol. The maximum absolute atomic E-state index is 6.07. The lowest BCUT2D eigenvalue weighted by atomic mass is 10.1. The third-order valence-electron chi connectivity index (χ3n) is 4.46. The molecule has 1 aromatic carbocycles. The second kappa shape index (κ2) is 5.78. The average molecular weight is 323 g/mol. The molecule has 2 aromatic heterocycles. The Morgan fingerprint density at radius 1 is 1.33 bits per heavy atom. The third kappa shape index (κ3) is 2.58. The van der Waals surface area contributed by atoms with Crippen LogP contribution in [-0.4, -0.2) is 39.5 Å². The molecule has 0 spiro atoms. The molecular weight excluding hydrogens is 302 g/mol. The Morgan fingerprint density at radius 2 is 2.17 bits per heavy atom. The fourth-order valence-corrected chi connectivity index (χ4v) is 3.15. The molecule has 6 heteroatoms. The number of para-hydroxylation sites is 1. The van der Waals surface area contributed by atoms with E-state index in [0.717, 1.165) is 35.7 Å². The zero-order valence-corrected chi connectivity index (χ0v) is 14.2. The number of aromatic nitrogens is 4. The minimum Gasteiger partial charge on any atom is -0.488 e. The van der Waals surface area contributed by atoms with Gasteiger partial charge in [0, 0.05) is 13.5 Å². The number of hydrogen-bond donors (Lipinski definition) is 0. The summed E-state index contributed by atoms with van der Waals surface area (Å²) in [6, 6.07) is 10.4. The van der Waals surface area contributed by atoms with E-state index in [1.54, 1.807) is 10.8 Å². The van der Waals surface area contributed by atoms with Gasteiger partial charge in [-0.25, -0.2) is 0 Å². The van der Waals surface area contributed by atoms with Crippen molar-refractivity contribution in [1.29, 1.82) is 0 Å². The summed E-state index contributed by atoms with van der Waals surface area (Å²) < 4.78 is 7.83. The number of likely N-dealkylation sites (N-methyl/N-ethyl adjacent to an activating group) is 1. The normalized spacial score (nSPS) is 16.4. The van der Waals surface area contributed by atoms with E-state index in [2.05, 4.69) is 59.3 Å². The fourth-order valence-electron chi connectivity index (χ4n) is 3.15. The largest absolute Gasteiger partial charge is 0.488 e. The van der Waals surface area contributed by atoms with Crippen molar-refractivity contribution in [2.45, 2.75) is 32.3 Å². The van der Waals surface area contributed by atoms with E-state index >= 15 is 0 Å². The molecule has 0 amide bonds. The number of rotatable bonds is 4. The number of nitrogens with zero attached hydrogens (tertiary/aromatic N) is 5. The highest BCUT2D eigenvalue weighted by molar-refractivity contribution is 5.68. The van der Waals surface area contributed by atoms with Crippen molar-refractivity contribution in [2.24, 2.45) is 0 Å². The van der Waals surface area contributed by atoms with Gasteiger partial charge in [-0.2, -0.15) is 9.61 Å². The lowest BCUT2D eigenvalue weighted by molar-refractivity contribution is 0.239. The highest BCUT2D eigenvalue weighted by Gasteiger charge is 2.25. The Labute approximate surface area is 141 Å². The van der Waals surface area contributed by atoms with Gasteiger partial charge in [0.25, 0.3) is 0 Å². The summed E-state index contributed by atoms with van der Waals surface area (Å²) in [4.78, 5) is 2.19. The Bertz CT molecular complexity index is 848. The van der Waals surface area contributed by atoms with Crippen LogP contribution in [0.2, 0.25) is 0 Å². The van der Waals surface area contributed by atoms with Crippen molar-refractivity contribution in [3.05, 3.63) is 47.9 Å². The van der Waals surface area contributed by atoms with Gasteiger partial charge in [0.05, 0.1) is 17.9 Å². The van der Waals surface area contributed by atoms with Crippen molar-refractivity contribution in [3.63, 3.8) is 0 Å². The lowest BCUT2D eigenvalue weighted by Crippen LogP contribution is -2.32. The van der Waals surface area contributed by atoms with Crippen LogP contribution in [0.15, 0.2) is 36.7 Å². The highest BCUT2D eigenvalue weighted by atomic mass is 16.5. The van der Waals surface area contributed by atoms with Crippen LogP contribution in [0.4, 0.5) is 5.69 Å². The minimum atomic E-state index is 0.144. The minimum absolute atomic E-state index is 0.144. The Morgan fingerprint density at radius 3 is 2.96 bits per heavy atom. The molecule has 0 aliphatic carbocycles. The van der Waals surface area contributed by atoms with Crippen LogP contribution in [0.1, 0.15) is 31.0 Å². The first-order valence-corrected chi connectivity index (χ1v) is 8.28. The van der Waals surface area contributed by atoms with Crippen molar-refractivity contribution < 1.29 is 4.74 Å². The summed E-state index contributed by atoms with van der Waals surface area (Å²) in [5.74, 6) is 1.34.